The summed E-state index contributed by atoms with van der Waals surface area (Å²) in [4.78, 5) is 6.79. The second-order valence-corrected chi connectivity index (χ2v) is 5.73. The van der Waals surface area contributed by atoms with Gasteiger partial charge in [0.1, 0.15) is 11.6 Å². The fourth-order valence-electron chi connectivity index (χ4n) is 2.76. The van der Waals surface area contributed by atoms with Crippen molar-refractivity contribution in [1.29, 1.82) is 0 Å². The number of aryl methyl sites for hydroxylation is 1. The van der Waals surface area contributed by atoms with Gasteiger partial charge in [-0.2, -0.15) is 0 Å². The van der Waals surface area contributed by atoms with Crippen LogP contribution in [-0.4, -0.2) is 34.1 Å². The number of nitrogens with one attached hydrogen (secondary N) is 1. The summed E-state index contributed by atoms with van der Waals surface area (Å²) in [5.41, 5.74) is 0.944. The Bertz CT molecular complexity index is 632. The van der Waals surface area contributed by atoms with Crippen LogP contribution in [0.25, 0.3) is 0 Å². The second kappa shape index (κ2) is 7.42. The van der Waals surface area contributed by atoms with Gasteiger partial charge < -0.3 is 9.88 Å². The van der Waals surface area contributed by atoms with Crippen molar-refractivity contribution in [3.8, 4) is 0 Å². The topological polar surface area (TPSA) is 33.1 Å². The van der Waals surface area contributed by atoms with Gasteiger partial charge in [-0.15, -0.1) is 12.4 Å². The van der Waals surface area contributed by atoms with Crippen LogP contribution in [0.2, 0.25) is 5.02 Å². The molecule has 1 aliphatic heterocycles. The first-order chi connectivity index (χ1) is 10.1. The van der Waals surface area contributed by atoms with Gasteiger partial charge in [-0.05, 0) is 17.7 Å². The maximum atomic E-state index is 13.2. The van der Waals surface area contributed by atoms with Gasteiger partial charge >= 0.3 is 0 Å². The van der Waals surface area contributed by atoms with Crippen LogP contribution >= 0.6 is 24.0 Å². The van der Waals surface area contributed by atoms with E-state index in [0.717, 1.165) is 31.0 Å². The lowest BCUT2D eigenvalue weighted by Crippen LogP contribution is -2.46. The summed E-state index contributed by atoms with van der Waals surface area (Å²) >= 11 is 6.15. The Kier molecular flexibility index (Phi) is 5.81. The van der Waals surface area contributed by atoms with E-state index in [0.29, 0.717) is 11.6 Å². The SMILES string of the molecule is Cl.Cn1ccnc1C1CNCCN1Cc1ccc(F)cc1Cl. The molecule has 1 unspecified atom stereocenters. The van der Waals surface area contributed by atoms with Crippen LogP contribution in [0.4, 0.5) is 4.39 Å². The molecule has 0 aliphatic carbocycles. The molecule has 3 rings (SSSR count). The van der Waals surface area contributed by atoms with Crippen LogP contribution < -0.4 is 5.32 Å². The number of nitrogens with zero attached hydrogens (tertiary/aromatic N) is 3. The van der Waals surface area contributed by atoms with Gasteiger partial charge in [-0.25, -0.2) is 9.37 Å². The molecule has 1 saturated heterocycles. The van der Waals surface area contributed by atoms with Crippen LogP contribution in [-0.2, 0) is 13.6 Å². The van der Waals surface area contributed by atoms with Gasteiger partial charge in [0.25, 0.3) is 0 Å². The largest absolute Gasteiger partial charge is 0.337 e. The molecule has 2 heterocycles. The Balaban J connectivity index is 0.00000176. The summed E-state index contributed by atoms with van der Waals surface area (Å²) in [6, 6.07) is 4.78. The number of piperazine rings is 1. The molecule has 1 aliphatic rings. The first kappa shape index (κ1) is 17.2. The summed E-state index contributed by atoms with van der Waals surface area (Å²) < 4.78 is 15.2. The fourth-order valence-corrected chi connectivity index (χ4v) is 2.98. The van der Waals surface area contributed by atoms with Gasteiger partial charge in [0.05, 0.1) is 6.04 Å². The lowest BCUT2D eigenvalue weighted by Gasteiger charge is -2.35. The van der Waals surface area contributed by atoms with Crippen LogP contribution in [0.15, 0.2) is 30.6 Å². The predicted octanol–water partition coefficient (Wildman–Crippen LogP) is 2.78. The first-order valence-corrected chi connectivity index (χ1v) is 7.39. The van der Waals surface area contributed by atoms with Crippen molar-refractivity contribution >= 4 is 24.0 Å². The van der Waals surface area contributed by atoms with E-state index in [2.05, 4.69) is 15.2 Å². The van der Waals surface area contributed by atoms with Gasteiger partial charge in [0.2, 0.25) is 0 Å². The highest BCUT2D eigenvalue weighted by atomic mass is 35.5. The quantitative estimate of drug-likeness (QED) is 0.929. The molecule has 0 amide bonds. The zero-order valence-corrected chi connectivity index (χ0v) is 13.9. The molecule has 120 valence electrons. The minimum atomic E-state index is -0.301. The van der Waals surface area contributed by atoms with Crippen molar-refractivity contribution in [2.75, 3.05) is 19.6 Å². The van der Waals surface area contributed by atoms with Crippen molar-refractivity contribution < 1.29 is 4.39 Å². The molecule has 0 spiro atoms. The molecule has 2 aromatic rings. The van der Waals surface area contributed by atoms with Gasteiger partial charge in [0.15, 0.2) is 0 Å². The lowest BCUT2D eigenvalue weighted by molar-refractivity contribution is 0.145. The van der Waals surface area contributed by atoms with Crippen LogP contribution in [0.1, 0.15) is 17.4 Å². The Hall–Kier alpha value is -1.14. The molecule has 7 heteroatoms. The summed E-state index contributed by atoms with van der Waals surface area (Å²) in [5.74, 6) is 0.727. The van der Waals surface area contributed by atoms with Crippen molar-refractivity contribution in [1.82, 2.24) is 19.8 Å². The lowest BCUT2D eigenvalue weighted by atomic mass is 10.1. The summed E-state index contributed by atoms with van der Waals surface area (Å²) in [5, 5.41) is 3.88. The number of benzene rings is 1. The smallest absolute Gasteiger partial charge is 0.127 e. The third-order valence-corrected chi connectivity index (χ3v) is 4.25. The minimum absolute atomic E-state index is 0. The zero-order valence-electron chi connectivity index (χ0n) is 12.3. The van der Waals surface area contributed by atoms with E-state index in [4.69, 9.17) is 11.6 Å². The average Bonchev–Trinajstić information content (AvgIpc) is 2.89. The third kappa shape index (κ3) is 3.60. The molecule has 4 nitrogen and oxygen atoms in total. The maximum absolute atomic E-state index is 13.2. The Morgan fingerprint density at radius 2 is 2.27 bits per heavy atom. The first-order valence-electron chi connectivity index (χ1n) is 7.01. The molecule has 22 heavy (non-hydrogen) atoms. The van der Waals surface area contributed by atoms with E-state index in [1.54, 1.807) is 6.07 Å². The molecular formula is C15H19Cl2FN4. The normalized spacial score (nSPS) is 19.0. The van der Waals surface area contributed by atoms with E-state index in [1.807, 2.05) is 24.0 Å². The molecule has 0 radical (unpaired) electrons. The number of imidazole rings is 1. The monoisotopic (exact) mass is 344 g/mol. The molecule has 0 bridgehead atoms. The number of rotatable bonds is 3. The highest BCUT2D eigenvalue weighted by molar-refractivity contribution is 6.31. The van der Waals surface area contributed by atoms with Crippen molar-refractivity contribution in [3.63, 3.8) is 0 Å². The standard InChI is InChI=1S/C15H18ClFN4.ClH/c1-20-6-5-19-15(20)14-9-18-4-7-21(14)10-11-2-3-12(17)8-13(11)16;/h2-3,5-6,8,14,18H,4,7,9-10H2,1H3;1H. The Labute approximate surface area is 140 Å². The van der Waals surface area contributed by atoms with E-state index < -0.39 is 0 Å². The highest BCUT2D eigenvalue weighted by Gasteiger charge is 2.27. The molecule has 1 aromatic heterocycles. The molecule has 1 aromatic carbocycles. The van der Waals surface area contributed by atoms with Gasteiger partial charge in [0, 0.05) is 50.6 Å². The minimum Gasteiger partial charge on any atom is -0.337 e. The molecule has 1 atom stereocenters. The highest BCUT2D eigenvalue weighted by Crippen LogP contribution is 2.25. The van der Waals surface area contributed by atoms with E-state index in [-0.39, 0.29) is 24.3 Å². The van der Waals surface area contributed by atoms with E-state index >= 15 is 0 Å². The predicted molar refractivity (Wildman–Crippen MR) is 87.9 cm³/mol. The second-order valence-electron chi connectivity index (χ2n) is 5.32. The van der Waals surface area contributed by atoms with Gasteiger partial charge in [-0.1, -0.05) is 17.7 Å². The fraction of sp³-hybridized carbons (Fsp3) is 0.400. The van der Waals surface area contributed by atoms with E-state index in [1.165, 1.54) is 12.1 Å². The molecule has 1 N–H and O–H groups in total. The van der Waals surface area contributed by atoms with Crippen LogP contribution in [0.5, 0.6) is 0 Å². The number of hydrogen-bond donors (Lipinski definition) is 1. The summed E-state index contributed by atoms with van der Waals surface area (Å²) in [7, 11) is 2.00. The third-order valence-electron chi connectivity index (χ3n) is 3.90. The summed E-state index contributed by atoms with van der Waals surface area (Å²) in [6.45, 7) is 3.38. The van der Waals surface area contributed by atoms with Crippen molar-refractivity contribution in [3.05, 3.63) is 52.8 Å². The van der Waals surface area contributed by atoms with Crippen molar-refractivity contribution in [2.24, 2.45) is 7.05 Å². The number of aromatic nitrogens is 2. The number of halogens is 3. The van der Waals surface area contributed by atoms with E-state index in [9.17, 15) is 4.39 Å². The Morgan fingerprint density at radius 1 is 1.45 bits per heavy atom. The molecule has 1 fully saturated rings. The zero-order chi connectivity index (χ0) is 14.8. The summed E-state index contributed by atoms with van der Waals surface area (Å²) in [6.07, 6.45) is 3.76. The maximum Gasteiger partial charge on any atom is 0.127 e. The molecule has 0 saturated carbocycles. The molecular weight excluding hydrogens is 326 g/mol. The van der Waals surface area contributed by atoms with Crippen molar-refractivity contribution in [2.45, 2.75) is 12.6 Å². The van der Waals surface area contributed by atoms with Crippen LogP contribution in [0.3, 0.4) is 0 Å². The van der Waals surface area contributed by atoms with Crippen LogP contribution in [0, 0.1) is 5.82 Å². The Morgan fingerprint density at radius 3 is 2.95 bits per heavy atom. The van der Waals surface area contributed by atoms with Gasteiger partial charge in [-0.3, -0.25) is 4.90 Å². The average molecular weight is 345 g/mol. The number of hydrogen-bond acceptors (Lipinski definition) is 3.